The number of rotatable bonds is 3. The van der Waals surface area contributed by atoms with Crippen molar-refractivity contribution in [2.75, 3.05) is 6.61 Å². The van der Waals surface area contributed by atoms with Gasteiger partial charge in [0.1, 0.15) is 6.10 Å². The summed E-state index contributed by atoms with van der Waals surface area (Å²) in [5.41, 5.74) is 1.38. The van der Waals surface area contributed by atoms with Crippen LogP contribution in [0.3, 0.4) is 0 Å². The van der Waals surface area contributed by atoms with E-state index in [9.17, 15) is 0 Å². The standard InChI is InChI=1S/C10H14NO/c1-2-9-5-3-4-6-11(9)7-10-8-12-10/h3-6,10H,2,7-8H2,1H3/q+1. The summed E-state index contributed by atoms with van der Waals surface area (Å²) in [4.78, 5) is 0. The van der Waals surface area contributed by atoms with Gasteiger partial charge in [0.05, 0.1) is 6.61 Å². The van der Waals surface area contributed by atoms with Crippen LogP contribution in [0.2, 0.25) is 0 Å². The first kappa shape index (κ1) is 7.74. The third-order valence-electron chi connectivity index (χ3n) is 2.20. The van der Waals surface area contributed by atoms with Gasteiger partial charge in [0, 0.05) is 18.6 Å². The minimum Gasteiger partial charge on any atom is -0.366 e. The Bertz CT molecular complexity index is 268. The second-order valence-electron chi connectivity index (χ2n) is 3.15. The van der Waals surface area contributed by atoms with Crippen molar-refractivity contribution in [3.63, 3.8) is 0 Å². The molecule has 1 saturated heterocycles. The zero-order valence-electron chi connectivity index (χ0n) is 7.36. The van der Waals surface area contributed by atoms with Crippen LogP contribution >= 0.6 is 0 Å². The van der Waals surface area contributed by atoms with E-state index in [4.69, 9.17) is 4.74 Å². The number of hydrogen-bond donors (Lipinski definition) is 0. The Hall–Kier alpha value is -0.890. The van der Waals surface area contributed by atoms with E-state index in [1.165, 1.54) is 5.69 Å². The van der Waals surface area contributed by atoms with Crippen molar-refractivity contribution in [3.8, 4) is 0 Å². The van der Waals surface area contributed by atoms with Crippen molar-refractivity contribution in [1.82, 2.24) is 0 Å². The van der Waals surface area contributed by atoms with Gasteiger partial charge in [-0.15, -0.1) is 0 Å². The highest BCUT2D eigenvalue weighted by atomic mass is 16.6. The summed E-state index contributed by atoms with van der Waals surface area (Å²) >= 11 is 0. The molecule has 1 fully saturated rings. The minimum atomic E-state index is 0.475. The SMILES string of the molecule is CCc1cccc[n+]1CC1CO1. The first-order chi connectivity index (χ1) is 5.90. The molecule has 1 atom stereocenters. The molecule has 0 amide bonds. The molecule has 1 unspecified atom stereocenters. The summed E-state index contributed by atoms with van der Waals surface area (Å²) in [6.07, 6.45) is 3.69. The Morgan fingerprint density at radius 1 is 1.58 bits per heavy atom. The van der Waals surface area contributed by atoms with Crippen molar-refractivity contribution in [2.24, 2.45) is 0 Å². The Morgan fingerprint density at radius 3 is 3.08 bits per heavy atom. The lowest BCUT2D eigenvalue weighted by molar-refractivity contribution is -0.705. The maximum atomic E-state index is 5.19. The van der Waals surface area contributed by atoms with Crippen LogP contribution in [0, 0.1) is 0 Å². The van der Waals surface area contributed by atoms with Gasteiger partial charge in [-0.05, 0) is 0 Å². The molecule has 1 aromatic heterocycles. The van der Waals surface area contributed by atoms with Gasteiger partial charge in [-0.25, -0.2) is 0 Å². The molecule has 1 aliphatic heterocycles. The van der Waals surface area contributed by atoms with E-state index in [1.807, 2.05) is 0 Å². The smallest absolute Gasteiger partial charge is 0.181 e. The van der Waals surface area contributed by atoms with Gasteiger partial charge < -0.3 is 4.74 Å². The number of hydrogen-bond acceptors (Lipinski definition) is 1. The lowest BCUT2D eigenvalue weighted by Crippen LogP contribution is -2.40. The Kier molecular flexibility index (Phi) is 2.09. The van der Waals surface area contributed by atoms with E-state index in [0.29, 0.717) is 6.10 Å². The first-order valence-corrected chi connectivity index (χ1v) is 4.49. The molecule has 0 aliphatic carbocycles. The molecule has 0 spiro atoms. The van der Waals surface area contributed by atoms with Crippen molar-refractivity contribution in [3.05, 3.63) is 30.1 Å². The number of ether oxygens (including phenoxy) is 1. The molecule has 2 heterocycles. The molecule has 2 nitrogen and oxygen atoms in total. The molecule has 2 heteroatoms. The normalized spacial score (nSPS) is 20.9. The fourth-order valence-electron chi connectivity index (χ4n) is 1.40. The monoisotopic (exact) mass is 164 g/mol. The van der Waals surface area contributed by atoms with Gasteiger partial charge in [0.15, 0.2) is 18.4 Å². The summed E-state index contributed by atoms with van der Waals surface area (Å²) < 4.78 is 7.47. The van der Waals surface area contributed by atoms with Crippen LogP contribution in [0.5, 0.6) is 0 Å². The number of aromatic nitrogens is 1. The predicted octanol–water partition coefficient (Wildman–Crippen LogP) is 0.935. The van der Waals surface area contributed by atoms with Crippen molar-refractivity contribution in [1.29, 1.82) is 0 Å². The summed E-state index contributed by atoms with van der Waals surface area (Å²) in [5.74, 6) is 0. The lowest BCUT2D eigenvalue weighted by atomic mass is 10.2. The fourth-order valence-corrected chi connectivity index (χ4v) is 1.40. The van der Waals surface area contributed by atoms with Gasteiger partial charge in [-0.3, -0.25) is 0 Å². The number of epoxide rings is 1. The fraction of sp³-hybridized carbons (Fsp3) is 0.500. The van der Waals surface area contributed by atoms with Gasteiger partial charge in [0.25, 0.3) is 0 Å². The van der Waals surface area contributed by atoms with E-state index in [-0.39, 0.29) is 0 Å². The lowest BCUT2D eigenvalue weighted by Gasteiger charge is -1.98. The van der Waals surface area contributed by atoms with Crippen LogP contribution in [0.25, 0.3) is 0 Å². The van der Waals surface area contributed by atoms with Crippen LogP contribution in [0.15, 0.2) is 24.4 Å². The molecule has 0 saturated carbocycles. The van der Waals surface area contributed by atoms with E-state index < -0.39 is 0 Å². The highest BCUT2D eigenvalue weighted by molar-refractivity contribution is 4.96. The summed E-state index contributed by atoms with van der Waals surface area (Å²) in [6, 6.07) is 6.33. The number of aryl methyl sites for hydroxylation is 1. The summed E-state index contributed by atoms with van der Waals surface area (Å²) in [7, 11) is 0. The third-order valence-corrected chi connectivity index (χ3v) is 2.20. The predicted molar refractivity (Wildman–Crippen MR) is 45.8 cm³/mol. The van der Waals surface area contributed by atoms with Crippen molar-refractivity contribution >= 4 is 0 Å². The summed E-state index contributed by atoms with van der Waals surface area (Å²) in [6.45, 7) is 4.13. The minimum absolute atomic E-state index is 0.475. The average Bonchev–Trinajstić information content (AvgIpc) is 2.89. The number of pyridine rings is 1. The molecule has 0 N–H and O–H groups in total. The molecule has 0 aromatic carbocycles. The second-order valence-corrected chi connectivity index (χ2v) is 3.15. The van der Waals surface area contributed by atoms with E-state index in [0.717, 1.165) is 19.6 Å². The molecule has 1 aliphatic rings. The third kappa shape index (κ3) is 1.64. The molecule has 0 radical (unpaired) electrons. The summed E-state index contributed by atoms with van der Waals surface area (Å²) in [5, 5.41) is 0. The van der Waals surface area contributed by atoms with Crippen LogP contribution < -0.4 is 4.57 Å². The van der Waals surface area contributed by atoms with Crippen LogP contribution in [0.1, 0.15) is 12.6 Å². The first-order valence-electron chi connectivity index (χ1n) is 4.49. The van der Waals surface area contributed by atoms with Gasteiger partial charge in [-0.1, -0.05) is 13.0 Å². The second kappa shape index (κ2) is 3.23. The molecule has 1 aromatic rings. The van der Waals surface area contributed by atoms with Crippen molar-refractivity contribution < 1.29 is 9.30 Å². The molecular weight excluding hydrogens is 150 g/mol. The van der Waals surface area contributed by atoms with Gasteiger partial charge in [-0.2, -0.15) is 4.57 Å². The molecule has 64 valence electrons. The Labute approximate surface area is 72.8 Å². The molecule has 2 rings (SSSR count). The van der Waals surface area contributed by atoms with E-state index >= 15 is 0 Å². The maximum Gasteiger partial charge on any atom is 0.181 e. The van der Waals surface area contributed by atoms with Crippen LogP contribution in [0.4, 0.5) is 0 Å². The van der Waals surface area contributed by atoms with Crippen molar-refractivity contribution in [2.45, 2.75) is 26.0 Å². The van der Waals surface area contributed by atoms with E-state index in [2.05, 4.69) is 35.9 Å². The van der Waals surface area contributed by atoms with E-state index in [1.54, 1.807) is 0 Å². The van der Waals surface area contributed by atoms with Crippen LogP contribution in [-0.2, 0) is 17.7 Å². The number of nitrogens with zero attached hydrogens (tertiary/aromatic N) is 1. The zero-order valence-corrected chi connectivity index (χ0v) is 7.36. The quantitative estimate of drug-likeness (QED) is 0.479. The Balaban J connectivity index is 2.15. The van der Waals surface area contributed by atoms with Crippen LogP contribution in [-0.4, -0.2) is 12.7 Å². The Morgan fingerprint density at radius 2 is 2.42 bits per heavy atom. The zero-order chi connectivity index (χ0) is 8.39. The molecular formula is C10H14NO+. The highest BCUT2D eigenvalue weighted by Crippen LogP contribution is 2.08. The largest absolute Gasteiger partial charge is 0.366 e. The maximum absolute atomic E-state index is 5.19. The van der Waals surface area contributed by atoms with Gasteiger partial charge >= 0.3 is 0 Å². The highest BCUT2D eigenvalue weighted by Gasteiger charge is 2.27. The van der Waals surface area contributed by atoms with Gasteiger partial charge in [0.2, 0.25) is 0 Å². The topological polar surface area (TPSA) is 16.4 Å². The average molecular weight is 164 g/mol. The molecule has 12 heavy (non-hydrogen) atoms. The molecule has 0 bridgehead atoms.